The number of carbonyl (C=O) groups excluding carboxylic acids is 1. The van der Waals surface area contributed by atoms with Gasteiger partial charge in [0.1, 0.15) is 11.5 Å². The zero-order chi connectivity index (χ0) is 18.1. The van der Waals surface area contributed by atoms with E-state index in [1.165, 1.54) is 12.7 Å². The lowest BCUT2D eigenvalue weighted by Crippen LogP contribution is -2.30. The summed E-state index contributed by atoms with van der Waals surface area (Å²) < 4.78 is 10.5. The minimum absolute atomic E-state index is 0.0796. The van der Waals surface area contributed by atoms with Crippen molar-refractivity contribution in [2.45, 2.75) is 12.8 Å². The molecular weight excluding hydrogens is 340 g/mol. The van der Waals surface area contributed by atoms with Crippen LogP contribution in [0.5, 0.6) is 11.5 Å². The predicted octanol–water partition coefficient (Wildman–Crippen LogP) is 3.52. The number of amides is 1. The molecule has 2 aromatic rings. The molecule has 25 heavy (non-hydrogen) atoms. The van der Waals surface area contributed by atoms with Gasteiger partial charge < -0.3 is 20.1 Å². The molecule has 134 valence electrons. The molecule has 2 aromatic carbocycles. The van der Waals surface area contributed by atoms with Gasteiger partial charge in [-0.3, -0.25) is 4.79 Å². The van der Waals surface area contributed by atoms with Crippen LogP contribution in [0.25, 0.3) is 0 Å². The van der Waals surface area contributed by atoms with Crippen molar-refractivity contribution < 1.29 is 14.3 Å². The molecule has 6 heteroatoms. The third-order valence-electron chi connectivity index (χ3n) is 3.72. The Labute approximate surface area is 153 Å². The van der Waals surface area contributed by atoms with Crippen LogP contribution in [0.4, 0.5) is 5.69 Å². The third-order valence-corrected chi connectivity index (χ3v) is 4.02. The quantitative estimate of drug-likeness (QED) is 0.670. The average molecular weight is 363 g/mol. The molecule has 0 saturated carbocycles. The van der Waals surface area contributed by atoms with E-state index in [1.54, 1.807) is 19.2 Å². The second kappa shape index (κ2) is 9.79. The minimum atomic E-state index is -0.0796. The molecule has 0 atom stereocenters. The first-order valence-electron chi connectivity index (χ1n) is 8.10. The molecular formula is C19H23ClN2O3. The van der Waals surface area contributed by atoms with Crippen LogP contribution in [-0.4, -0.2) is 33.2 Å². The molecule has 0 saturated heterocycles. The second-order valence-corrected chi connectivity index (χ2v) is 5.89. The average Bonchev–Trinajstić information content (AvgIpc) is 2.64. The van der Waals surface area contributed by atoms with E-state index < -0.39 is 0 Å². The van der Waals surface area contributed by atoms with Crippen molar-refractivity contribution in [2.75, 3.05) is 32.6 Å². The van der Waals surface area contributed by atoms with Gasteiger partial charge in [0.05, 0.1) is 31.5 Å². The number of ether oxygens (including phenoxy) is 2. The SMILES string of the molecule is COc1cc(NCC(=O)NCCCc2ccccc2)c(OC)cc1Cl. The Kier molecular flexibility index (Phi) is 7.41. The molecule has 0 radical (unpaired) electrons. The fraction of sp³-hybridized carbons (Fsp3) is 0.316. The number of carbonyl (C=O) groups is 1. The highest BCUT2D eigenvalue weighted by Crippen LogP contribution is 2.35. The lowest BCUT2D eigenvalue weighted by Gasteiger charge is -2.14. The first-order valence-corrected chi connectivity index (χ1v) is 8.48. The Bertz CT molecular complexity index is 693. The van der Waals surface area contributed by atoms with Gasteiger partial charge in [0.15, 0.2) is 0 Å². The van der Waals surface area contributed by atoms with E-state index in [2.05, 4.69) is 22.8 Å². The smallest absolute Gasteiger partial charge is 0.239 e. The highest BCUT2D eigenvalue weighted by molar-refractivity contribution is 6.32. The maximum absolute atomic E-state index is 12.0. The number of nitrogens with one attached hydrogen (secondary N) is 2. The summed E-state index contributed by atoms with van der Waals surface area (Å²) in [5, 5.41) is 6.40. The molecule has 0 bridgehead atoms. The Balaban J connectivity index is 1.78. The Morgan fingerprint density at radius 1 is 1.08 bits per heavy atom. The first kappa shape index (κ1) is 18.9. The summed E-state index contributed by atoms with van der Waals surface area (Å²) in [6.07, 6.45) is 1.84. The van der Waals surface area contributed by atoms with Gasteiger partial charge in [-0.15, -0.1) is 0 Å². The molecule has 1 amide bonds. The van der Waals surface area contributed by atoms with Crippen LogP contribution in [0.15, 0.2) is 42.5 Å². The van der Waals surface area contributed by atoms with E-state index in [9.17, 15) is 4.79 Å². The summed E-state index contributed by atoms with van der Waals surface area (Å²) in [6, 6.07) is 13.6. The molecule has 2 N–H and O–H groups in total. The van der Waals surface area contributed by atoms with Gasteiger partial charge in [-0.1, -0.05) is 41.9 Å². The van der Waals surface area contributed by atoms with Crippen LogP contribution in [0.2, 0.25) is 5.02 Å². The van der Waals surface area contributed by atoms with Crippen LogP contribution in [0.1, 0.15) is 12.0 Å². The molecule has 0 fully saturated rings. The van der Waals surface area contributed by atoms with Crippen molar-refractivity contribution in [1.82, 2.24) is 5.32 Å². The molecule has 0 aliphatic carbocycles. The summed E-state index contributed by atoms with van der Waals surface area (Å²) in [7, 11) is 3.09. The van der Waals surface area contributed by atoms with E-state index in [4.69, 9.17) is 21.1 Å². The largest absolute Gasteiger partial charge is 0.495 e. The molecule has 0 aromatic heterocycles. The number of hydrogen-bond acceptors (Lipinski definition) is 4. The van der Waals surface area contributed by atoms with E-state index in [1.807, 2.05) is 18.2 Å². The first-order chi connectivity index (χ1) is 12.1. The van der Waals surface area contributed by atoms with Gasteiger partial charge in [-0.2, -0.15) is 0 Å². The molecule has 0 aliphatic rings. The second-order valence-electron chi connectivity index (χ2n) is 5.48. The number of rotatable bonds is 9. The normalized spacial score (nSPS) is 10.2. The highest BCUT2D eigenvalue weighted by atomic mass is 35.5. The van der Waals surface area contributed by atoms with Gasteiger partial charge in [0.2, 0.25) is 5.91 Å². The standard InChI is InChI=1S/C19H23ClN2O3/c1-24-17-12-16(18(25-2)11-15(17)20)22-13-19(23)21-10-6-9-14-7-4-3-5-8-14/h3-5,7-8,11-12,22H,6,9-10,13H2,1-2H3,(H,21,23). The van der Waals surface area contributed by atoms with Crippen LogP contribution in [0, 0.1) is 0 Å². The molecule has 0 unspecified atom stereocenters. The van der Waals surface area contributed by atoms with E-state index >= 15 is 0 Å². The lowest BCUT2D eigenvalue weighted by atomic mass is 10.1. The van der Waals surface area contributed by atoms with Gasteiger partial charge in [0, 0.05) is 18.7 Å². The maximum Gasteiger partial charge on any atom is 0.239 e. The third kappa shape index (κ3) is 5.87. The Morgan fingerprint density at radius 2 is 1.80 bits per heavy atom. The minimum Gasteiger partial charge on any atom is -0.495 e. The molecule has 0 spiro atoms. The zero-order valence-corrected chi connectivity index (χ0v) is 15.2. The van der Waals surface area contributed by atoms with Crippen molar-refractivity contribution in [3.05, 3.63) is 53.1 Å². The highest BCUT2D eigenvalue weighted by Gasteiger charge is 2.11. The van der Waals surface area contributed by atoms with Crippen molar-refractivity contribution in [1.29, 1.82) is 0 Å². The van der Waals surface area contributed by atoms with Gasteiger partial charge in [0.25, 0.3) is 0 Å². The van der Waals surface area contributed by atoms with Crippen molar-refractivity contribution in [3.63, 3.8) is 0 Å². The Hall–Kier alpha value is -2.40. The molecule has 5 nitrogen and oxygen atoms in total. The summed E-state index contributed by atoms with van der Waals surface area (Å²) in [4.78, 5) is 12.0. The number of benzene rings is 2. The zero-order valence-electron chi connectivity index (χ0n) is 14.5. The maximum atomic E-state index is 12.0. The van der Waals surface area contributed by atoms with Crippen LogP contribution in [-0.2, 0) is 11.2 Å². The Morgan fingerprint density at radius 3 is 2.48 bits per heavy atom. The van der Waals surface area contributed by atoms with E-state index in [0.717, 1.165) is 12.8 Å². The van der Waals surface area contributed by atoms with Crippen molar-refractivity contribution in [3.8, 4) is 11.5 Å². The van der Waals surface area contributed by atoms with Gasteiger partial charge >= 0.3 is 0 Å². The fourth-order valence-corrected chi connectivity index (χ4v) is 2.63. The fourth-order valence-electron chi connectivity index (χ4n) is 2.40. The molecule has 0 aliphatic heterocycles. The number of methoxy groups -OCH3 is 2. The van der Waals surface area contributed by atoms with Crippen LogP contribution >= 0.6 is 11.6 Å². The number of aryl methyl sites for hydroxylation is 1. The monoisotopic (exact) mass is 362 g/mol. The van der Waals surface area contributed by atoms with Crippen LogP contribution < -0.4 is 20.1 Å². The topological polar surface area (TPSA) is 59.6 Å². The van der Waals surface area contributed by atoms with Crippen molar-refractivity contribution in [2.24, 2.45) is 0 Å². The van der Waals surface area contributed by atoms with E-state index in [-0.39, 0.29) is 12.5 Å². The van der Waals surface area contributed by atoms with Crippen LogP contribution in [0.3, 0.4) is 0 Å². The summed E-state index contributed by atoms with van der Waals surface area (Å²) in [6.45, 7) is 0.781. The summed E-state index contributed by atoms with van der Waals surface area (Å²) in [5.41, 5.74) is 1.93. The lowest BCUT2D eigenvalue weighted by molar-refractivity contribution is -0.119. The molecule has 0 heterocycles. The predicted molar refractivity (Wildman–Crippen MR) is 101 cm³/mol. The van der Waals surface area contributed by atoms with E-state index in [0.29, 0.717) is 28.8 Å². The van der Waals surface area contributed by atoms with Crippen molar-refractivity contribution >= 4 is 23.2 Å². The number of hydrogen-bond donors (Lipinski definition) is 2. The molecule has 2 rings (SSSR count). The van der Waals surface area contributed by atoms with Gasteiger partial charge in [-0.05, 0) is 18.4 Å². The number of halogens is 1. The summed E-state index contributed by atoms with van der Waals surface area (Å²) in [5.74, 6) is 1.000. The van der Waals surface area contributed by atoms with Gasteiger partial charge in [-0.25, -0.2) is 0 Å². The summed E-state index contributed by atoms with van der Waals surface area (Å²) >= 11 is 6.07. The number of anilines is 1.